The molecule has 2 N–H and O–H groups in total. The molecule has 0 spiro atoms. The molecule has 21 heavy (non-hydrogen) atoms. The van der Waals surface area contributed by atoms with Gasteiger partial charge in [-0.15, -0.1) is 24.0 Å². The Morgan fingerprint density at radius 1 is 1.38 bits per heavy atom. The minimum atomic E-state index is 0. The van der Waals surface area contributed by atoms with Crippen LogP contribution in [-0.2, 0) is 6.54 Å². The monoisotopic (exact) mass is 403 g/mol. The van der Waals surface area contributed by atoms with Crippen LogP contribution in [0.15, 0.2) is 23.3 Å². The van der Waals surface area contributed by atoms with Crippen LogP contribution in [0.2, 0.25) is 0 Å². The van der Waals surface area contributed by atoms with E-state index in [0.717, 1.165) is 18.3 Å². The van der Waals surface area contributed by atoms with E-state index < -0.39 is 0 Å². The summed E-state index contributed by atoms with van der Waals surface area (Å²) in [5.41, 5.74) is 1.17. The Hall–Kier alpha value is -1.05. The first-order chi connectivity index (χ1) is 9.70. The molecule has 0 amide bonds. The minimum absolute atomic E-state index is 0. The van der Waals surface area contributed by atoms with Crippen LogP contribution >= 0.6 is 24.0 Å². The van der Waals surface area contributed by atoms with Gasteiger partial charge in [0.2, 0.25) is 0 Å². The zero-order valence-corrected chi connectivity index (χ0v) is 15.4. The summed E-state index contributed by atoms with van der Waals surface area (Å²) < 4.78 is 0. The maximum absolute atomic E-state index is 4.41. The number of guanidine groups is 1. The van der Waals surface area contributed by atoms with Crippen LogP contribution in [0.3, 0.4) is 0 Å². The van der Waals surface area contributed by atoms with Gasteiger partial charge in [-0.1, -0.05) is 18.9 Å². The number of aromatic nitrogens is 1. The highest BCUT2D eigenvalue weighted by molar-refractivity contribution is 14.0. The first kappa shape index (κ1) is 18.0. The normalized spacial score (nSPS) is 15.5. The van der Waals surface area contributed by atoms with Crippen LogP contribution in [-0.4, -0.2) is 38.1 Å². The van der Waals surface area contributed by atoms with E-state index in [-0.39, 0.29) is 24.0 Å². The van der Waals surface area contributed by atoms with Gasteiger partial charge in [-0.25, -0.2) is 4.98 Å². The van der Waals surface area contributed by atoms with Crippen LogP contribution in [0.4, 0.5) is 5.82 Å². The van der Waals surface area contributed by atoms with Crippen LogP contribution in [0.5, 0.6) is 0 Å². The molecule has 2 rings (SSSR count). The molecule has 0 bridgehead atoms. The summed E-state index contributed by atoms with van der Waals surface area (Å²) in [5.74, 6) is 1.88. The van der Waals surface area contributed by atoms with E-state index in [1.165, 1.54) is 31.2 Å². The quantitative estimate of drug-likeness (QED) is 0.461. The molecule has 1 aromatic rings. The molecule has 118 valence electrons. The molecule has 1 aromatic heterocycles. The summed E-state index contributed by atoms with van der Waals surface area (Å²) in [4.78, 5) is 10.7. The van der Waals surface area contributed by atoms with E-state index in [2.05, 4.69) is 26.7 Å². The lowest BCUT2D eigenvalue weighted by molar-refractivity contribution is 0.613. The Kier molecular flexibility index (Phi) is 7.77. The highest BCUT2D eigenvalue weighted by Gasteiger charge is 2.16. The van der Waals surface area contributed by atoms with Gasteiger partial charge in [-0.2, -0.15) is 0 Å². The Labute approximate surface area is 144 Å². The number of hydrogen-bond donors (Lipinski definition) is 2. The van der Waals surface area contributed by atoms with E-state index in [1.54, 1.807) is 0 Å². The van der Waals surface area contributed by atoms with E-state index >= 15 is 0 Å². The SMILES string of the molecule is CN=C(NCc1cccnc1N(C)C)NC1CCCC1.I. The van der Waals surface area contributed by atoms with Crippen LogP contribution in [0.1, 0.15) is 31.2 Å². The number of pyridine rings is 1. The molecule has 1 heterocycles. The van der Waals surface area contributed by atoms with Gasteiger partial charge in [-0.05, 0) is 18.9 Å². The molecule has 1 aliphatic carbocycles. The second-order valence-electron chi connectivity index (χ2n) is 5.43. The zero-order chi connectivity index (χ0) is 14.4. The third-order valence-electron chi connectivity index (χ3n) is 3.66. The lowest BCUT2D eigenvalue weighted by Crippen LogP contribution is -2.42. The molecular weight excluding hydrogens is 377 g/mol. The van der Waals surface area contributed by atoms with Gasteiger partial charge in [-0.3, -0.25) is 4.99 Å². The van der Waals surface area contributed by atoms with Crippen molar-refractivity contribution in [1.82, 2.24) is 15.6 Å². The van der Waals surface area contributed by atoms with E-state index in [4.69, 9.17) is 0 Å². The smallest absolute Gasteiger partial charge is 0.191 e. The van der Waals surface area contributed by atoms with Gasteiger partial charge in [0.25, 0.3) is 0 Å². The molecule has 0 aromatic carbocycles. The van der Waals surface area contributed by atoms with Gasteiger partial charge >= 0.3 is 0 Å². The van der Waals surface area contributed by atoms with Crippen LogP contribution in [0.25, 0.3) is 0 Å². The van der Waals surface area contributed by atoms with E-state index in [9.17, 15) is 0 Å². The molecule has 0 saturated heterocycles. The summed E-state index contributed by atoms with van der Waals surface area (Å²) in [6.45, 7) is 0.730. The topological polar surface area (TPSA) is 52.6 Å². The van der Waals surface area contributed by atoms with Gasteiger partial charge in [0, 0.05) is 45.5 Å². The Morgan fingerprint density at radius 2 is 2.10 bits per heavy atom. The summed E-state index contributed by atoms with van der Waals surface area (Å²) in [6.07, 6.45) is 6.96. The van der Waals surface area contributed by atoms with Crippen molar-refractivity contribution in [2.45, 2.75) is 38.3 Å². The fraction of sp³-hybridized carbons (Fsp3) is 0.600. The van der Waals surface area contributed by atoms with Crippen molar-refractivity contribution in [3.05, 3.63) is 23.9 Å². The molecule has 1 fully saturated rings. The molecular formula is C15H26IN5. The van der Waals surface area contributed by atoms with Crippen molar-refractivity contribution in [3.8, 4) is 0 Å². The number of anilines is 1. The van der Waals surface area contributed by atoms with Crippen molar-refractivity contribution in [3.63, 3.8) is 0 Å². The maximum Gasteiger partial charge on any atom is 0.191 e. The lowest BCUT2D eigenvalue weighted by Gasteiger charge is -2.19. The van der Waals surface area contributed by atoms with Gasteiger partial charge in [0.15, 0.2) is 5.96 Å². The number of halogens is 1. The standard InChI is InChI=1S/C15H25N5.HI/c1-16-15(19-13-8-4-5-9-13)18-11-12-7-6-10-17-14(12)20(2)3;/h6-7,10,13H,4-5,8-9,11H2,1-3H3,(H2,16,18,19);1H. The Balaban J connectivity index is 0.00000220. The third kappa shape index (κ3) is 5.33. The number of rotatable bonds is 4. The molecule has 1 aliphatic rings. The second-order valence-corrected chi connectivity index (χ2v) is 5.43. The number of aliphatic imine (C=N–C) groups is 1. The molecule has 1 saturated carbocycles. The molecule has 5 nitrogen and oxygen atoms in total. The molecule has 0 aliphatic heterocycles. The highest BCUT2D eigenvalue weighted by Crippen LogP contribution is 2.17. The molecule has 6 heteroatoms. The van der Waals surface area contributed by atoms with Crippen LogP contribution < -0.4 is 15.5 Å². The summed E-state index contributed by atoms with van der Waals surface area (Å²) >= 11 is 0. The lowest BCUT2D eigenvalue weighted by atomic mass is 10.2. The van der Waals surface area contributed by atoms with Crippen LogP contribution in [0, 0.1) is 0 Å². The van der Waals surface area contributed by atoms with Gasteiger partial charge in [0.05, 0.1) is 0 Å². The number of nitrogens with zero attached hydrogens (tertiary/aromatic N) is 3. The Morgan fingerprint density at radius 3 is 2.71 bits per heavy atom. The van der Waals surface area contributed by atoms with Crippen molar-refractivity contribution in [2.24, 2.45) is 4.99 Å². The first-order valence-electron chi connectivity index (χ1n) is 7.29. The summed E-state index contributed by atoms with van der Waals surface area (Å²) in [5, 5.41) is 6.87. The minimum Gasteiger partial charge on any atom is -0.362 e. The van der Waals surface area contributed by atoms with Crippen molar-refractivity contribution >= 4 is 35.8 Å². The third-order valence-corrected chi connectivity index (χ3v) is 3.66. The van der Waals surface area contributed by atoms with Gasteiger partial charge in [0.1, 0.15) is 5.82 Å². The number of hydrogen-bond acceptors (Lipinski definition) is 3. The molecule has 0 unspecified atom stereocenters. The van der Waals surface area contributed by atoms with E-state index in [1.807, 2.05) is 38.3 Å². The summed E-state index contributed by atoms with van der Waals surface area (Å²) in [6, 6.07) is 4.64. The number of nitrogens with one attached hydrogen (secondary N) is 2. The Bertz CT molecular complexity index is 455. The summed E-state index contributed by atoms with van der Waals surface area (Å²) in [7, 11) is 5.84. The second kappa shape index (κ2) is 9.07. The zero-order valence-electron chi connectivity index (χ0n) is 13.1. The fourth-order valence-electron chi connectivity index (χ4n) is 2.61. The average Bonchev–Trinajstić information content (AvgIpc) is 2.96. The average molecular weight is 403 g/mol. The van der Waals surface area contributed by atoms with Gasteiger partial charge < -0.3 is 15.5 Å². The predicted molar refractivity (Wildman–Crippen MR) is 99.6 cm³/mol. The first-order valence-corrected chi connectivity index (χ1v) is 7.29. The predicted octanol–water partition coefficient (Wildman–Crippen LogP) is 2.37. The van der Waals surface area contributed by atoms with Crippen molar-refractivity contribution in [1.29, 1.82) is 0 Å². The molecule has 0 atom stereocenters. The maximum atomic E-state index is 4.41. The largest absolute Gasteiger partial charge is 0.362 e. The highest BCUT2D eigenvalue weighted by atomic mass is 127. The van der Waals surface area contributed by atoms with Crippen molar-refractivity contribution < 1.29 is 0 Å². The van der Waals surface area contributed by atoms with Crippen molar-refractivity contribution in [2.75, 3.05) is 26.0 Å². The fourth-order valence-corrected chi connectivity index (χ4v) is 2.61. The molecule has 0 radical (unpaired) electrons. The van der Waals surface area contributed by atoms with E-state index in [0.29, 0.717) is 6.04 Å².